The molecule has 7 rings (SSSR count). The van der Waals surface area contributed by atoms with Gasteiger partial charge in [0.2, 0.25) is 17.8 Å². The molecule has 1 saturated carbocycles. The summed E-state index contributed by atoms with van der Waals surface area (Å²) in [5.41, 5.74) is 4.39. The predicted molar refractivity (Wildman–Crippen MR) is 251 cm³/mol. The van der Waals surface area contributed by atoms with Gasteiger partial charge in [-0.1, -0.05) is 25.0 Å². The van der Waals surface area contributed by atoms with E-state index < -0.39 is 0 Å². The lowest BCUT2D eigenvalue weighted by molar-refractivity contribution is -0.122. The number of pyridine rings is 2. The minimum atomic E-state index is -0.338. The fourth-order valence-electron chi connectivity index (χ4n) is 8.21. The zero-order valence-corrected chi connectivity index (χ0v) is 38.4. The Morgan fingerprint density at radius 2 is 1.58 bits per heavy atom. The van der Waals surface area contributed by atoms with Crippen LogP contribution in [-0.4, -0.2) is 119 Å². The van der Waals surface area contributed by atoms with Crippen molar-refractivity contribution in [2.75, 3.05) is 86.5 Å². The third-order valence-electron chi connectivity index (χ3n) is 11.8. The summed E-state index contributed by atoms with van der Waals surface area (Å²) in [6.45, 7) is 13.5. The van der Waals surface area contributed by atoms with Crippen molar-refractivity contribution in [1.82, 2.24) is 34.7 Å². The first-order valence-electron chi connectivity index (χ1n) is 22.1. The Bertz CT molecular complexity index is 2560. The molecule has 5 aromatic rings. The van der Waals surface area contributed by atoms with Crippen LogP contribution in [0.2, 0.25) is 0 Å². The maximum Gasteiger partial charge on any atom is 0.263 e. The Morgan fingerprint density at radius 1 is 0.831 bits per heavy atom. The third-order valence-corrected chi connectivity index (χ3v) is 12.8. The zero-order valence-electron chi connectivity index (χ0n) is 37.6. The van der Waals surface area contributed by atoms with Gasteiger partial charge in [0.25, 0.3) is 11.5 Å². The zero-order chi connectivity index (χ0) is 46.0. The molecule has 4 N–H and O–H groups in total. The van der Waals surface area contributed by atoms with Gasteiger partial charge >= 0.3 is 0 Å². The molecule has 3 amide bonds. The van der Waals surface area contributed by atoms with Gasteiger partial charge in [0.15, 0.2) is 10.9 Å². The number of carbonyl (C=O) groups is 4. The number of rotatable bonds is 19. The highest BCUT2D eigenvalue weighted by atomic mass is 32.1. The van der Waals surface area contributed by atoms with Gasteiger partial charge in [0.05, 0.1) is 73.8 Å². The van der Waals surface area contributed by atoms with Gasteiger partial charge in [0, 0.05) is 55.2 Å². The Kier molecular flexibility index (Phi) is 15.6. The number of ether oxygens (including phenoxy) is 2. The smallest absolute Gasteiger partial charge is 0.263 e. The SMILES string of the molecule is CC(=O)c1c(C)c2cnc(Nc3ccc(N4CCN(CC(=O)NCCOCCOCCC(=O)Nc5cccc(C)c5C(=O)Nc5nc(C)c(C)s5)CC4)cn3)nc2n(C2CCCC2)c1=O. The molecule has 2 fully saturated rings. The number of hydrogen-bond donors (Lipinski definition) is 4. The summed E-state index contributed by atoms with van der Waals surface area (Å²) in [6.07, 6.45) is 7.36. The normalized spacial score (nSPS) is 14.4. The molecule has 1 aliphatic heterocycles. The van der Waals surface area contributed by atoms with Gasteiger partial charge in [-0.25, -0.2) is 15.0 Å². The number of nitrogens with zero attached hydrogens (tertiary/aromatic N) is 7. The number of thiazole rings is 1. The van der Waals surface area contributed by atoms with Crippen molar-refractivity contribution >= 4 is 74.1 Å². The van der Waals surface area contributed by atoms with E-state index >= 15 is 0 Å². The monoisotopic (exact) mass is 907 g/mol. The third kappa shape index (κ3) is 11.8. The molecule has 344 valence electrons. The summed E-state index contributed by atoms with van der Waals surface area (Å²) in [5.74, 6) is -0.0704. The Labute approximate surface area is 381 Å². The predicted octanol–water partition coefficient (Wildman–Crippen LogP) is 5.49. The fraction of sp³-hybridized carbons (Fsp3) is 0.457. The van der Waals surface area contributed by atoms with Crippen LogP contribution in [0.15, 0.2) is 47.5 Å². The van der Waals surface area contributed by atoms with E-state index in [0.29, 0.717) is 84.2 Å². The van der Waals surface area contributed by atoms with Gasteiger partial charge in [-0.15, -0.1) is 11.3 Å². The molecular weight excluding hydrogens is 851 g/mol. The maximum absolute atomic E-state index is 13.6. The second-order valence-electron chi connectivity index (χ2n) is 16.4. The number of hydrogen-bond acceptors (Lipinski definition) is 15. The lowest BCUT2D eigenvalue weighted by atomic mass is 10.0. The number of carbonyl (C=O) groups excluding carboxylic acids is 4. The molecule has 5 heterocycles. The summed E-state index contributed by atoms with van der Waals surface area (Å²) in [5, 5.41) is 13.0. The lowest BCUT2D eigenvalue weighted by Gasteiger charge is -2.35. The topological polar surface area (TPSA) is 215 Å². The average Bonchev–Trinajstić information content (AvgIpc) is 3.92. The minimum absolute atomic E-state index is 0.00674. The van der Waals surface area contributed by atoms with E-state index in [1.807, 2.05) is 39.0 Å². The van der Waals surface area contributed by atoms with E-state index in [1.54, 1.807) is 36.0 Å². The number of fused-ring (bicyclic) bond motifs is 1. The quantitative estimate of drug-likeness (QED) is 0.0596. The molecule has 0 unspecified atom stereocenters. The van der Waals surface area contributed by atoms with Gasteiger partial charge in [-0.2, -0.15) is 4.98 Å². The molecule has 0 radical (unpaired) electrons. The summed E-state index contributed by atoms with van der Waals surface area (Å²) >= 11 is 1.40. The number of aryl methyl sites for hydroxylation is 4. The van der Waals surface area contributed by atoms with Gasteiger partial charge in [-0.3, -0.25) is 38.8 Å². The van der Waals surface area contributed by atoms with Crippen LogP contribution in [0.4, 0.5) is 28.3 Å². The van der Waals surface area contributed by atoms with Crippen LogP contribution in [0.5, 0.6) is 0 Å². The van der Waals surface area contributed by atoms with Crippen molar-refractivity contribution in [3.8, 4) is 0 Å². The van der Waals surface area contributed by atoms with Crippen LogP contribution in [0.1, 0.15) is 87.5 Å². The first-order valence-corrected chi connectivity index (χ1v) is 22.9. The van der Waals surface area contributed by atoms with Gasteiger partial charge < -0.3 is 30.3 Å². The van der Waals surface area contributed by atoms with Crippen LogP contribution in [0.25, 0.3) is 11.0 Å². The molecule has 1 aromatic carbocycles. The Balaban J connectivity index is 0.768. The molecule has 0 atom stereocenters. The molecule has 0 spiro atoms. The summed E-state index contributed by atoms with van der Waals surface area (Å²) in [6, 6.07) is 9.14. The second kappa shape index (κ2) is 21.7. The lowest BCUT2D eigenvalue weighted by Crippen LogP contribution is -2.49. The van der Waals surface area contributed by atoms with Crippen molar-refractivity contribution in [2.24, 2.45) is 0 Å². The standard InChI is InChI=1S/C46H57N11O7S/c1-28-9-8-12-36(40(28)43(61)54-46-50-30(3)32(5)65-46)51-38(59)15-21-63-23-24-64-22-16-47-39(60)27-55-17-19-56(20-18-55)34-13-14-37(48-25-34)52-45-49-26-35-29(2)41(31(4)58)44(62)57(42(35)53-45)33-10-6-7-11-33/h8-9,12-14,25-26,33H,6-7,10-11,15-24,27H2,1-5H3,(H,47,60)(H,51,59)(H,50,54,61)(H,48,49,52,53). The summed E-state index contributed by atoms with van der Waals surface area (Å²) in [7, 11) is 0. The minimum Gasteiger partial charge on any atom is -0.379 e. The molecular formula is C46H57N11O7S. The van der Waals surface area contributed by atoms with E-state index in [4.69, 9.17) is 14.5 Å². The van der Waals surface area contributed by atoms with Crippen LogP contribution in [0, 0.1) is 27.7 Å². The Morgan fingerprint density at radius 3 is 2.28 bits per heavy atom. The number of anilines is 5. The van der Waals surface area contributed by atoms with Crippen LogP contribution in [0.3, 0.4) is 0 Å². The van der Waals surface area contributed by atoms with Gasteiger partial charge in [-0.05, 0) is 76.8 Å². The number of amides is 3. The van der Waals surface area contributed by atoms with Crippen molar-refractivity contribution in [2.45, 2.75) is 72.8 Å². The molecule has 4 aromatic heterocycles. The molecule has 19 heteroatoms. The number of Topliss-reactive ketones (excluding diaryl/α,β-unsaturated/α-hetero) is 1. The summed E-state index contributed by atoms with van der Waals surface area (Å²) < 4.78 is 12.9. The number of piperazine rings is 1. The van der Waals surface area contributed by atoms with E-state index in [-0.39, 0.29) is 60.2 Å². The van der Waals surface area contributed by atoms with E-state index in [0.717, 1.165) is 60.6 Å². The van der Waals surface area contributed by atoms with Crippen molar-refractivity contribution in [3.05, 3.63) is 85.9 Å². The first-order chi connectivity index (χ1) is 31.4. The first kappa shape index (κ1) is 46.8. The van der Waals surface area contributed by atoms with E-state index in [2.05, 4.69) is 46.0 Å². The Hall–Kier alpha value is -6.15. The van der Waals surface area contributed by atoms with E-state index in [9.17, 15) is 24.0 Å². The molecule has 0 bridgehead atoms. The van der Waals surface area contributed by atoms with E-state index in [1.165, 1.54) is 18.3 Å². The highest BCUT2D eigenvalue weighted by molar-refractivity contribution is 7.15. The average molecular weight is 908 g/mol. The number of nitrogens with one attached hydrogen (secondary N) is 4. The fourth-order valence-corrected chi connectivity index (χ4v) is 9.02. The highest BCUT2D eigenvalue weighted by Crippen LogP contribution is 2.32. The van der Waals surface area contributed by atoms with Crippen LogP contribution in [-0.2, 0) is 19.1 Å². The molecule has 65 heavy (non-hydrogen) atoms. The van der Waals surface area contributed by atoms with Crippen LogP contribution >= 0.6 is 11.3 Å². The number of aromatic nitrogens is 5. The molecule has 1 aliphatic carbocycles. The van der Waals surface area contributed by atoms with Crippen LogP contribution < -0.4 is 31.7 Å². The number of ketones is 1. The van der Waals surface area contributed by atoms with Crippen molar-refractivity contribution < 1.29 is 28.7 Å². The highest BCUT2D eigenvalue weighted by Gasteiger charge is 2.26. The number of benzene rings is 1. The molecule has 1 saturated heterocycles. The molecule has 18 nitrogen and oxygen atoms in total. The second-order valence-corrected chi connectivity index (χ2v) is 17.6. The van der Waals surface area contributed by atoms with Crippen molar-refractivity contribution in [3.63, 3.8) is 0 Å². The maximum atomic E-state index is 13.6. The van der Waals surface area contributed by atoms with Gasteiger partial charge in [0.1, 0.15) is 11.5 Å². The summed E-state index contributed by atoms with van der Waals surface area (Å²) in [4.78, 5) is 88.1. The molecule has 2 aliphatic rings. The van der Waals surface area contributed by atoms with Crippen molar-refractivity contribution in [1.29, 1.82) is 0 Å². The largest absolute Gasteiger partial charge is 0.379 e.